The van der Waals surface area contributed by atoms with Crippen LogP contribution in [0, 0.1) is 20.8 Å². The van der Waals surface area contributed by atoms with Gasteiger partial charge in [0.05, 0.1) is 12.1 Å². The molecule has 2 rings (SSSR count). The van der Waals surface area contributed by atoms with Gasteiger partial charge in [-0.1, -0.05) is 0 Å². The Balaban J connectivity index is 2.64. The first-order chi connectivity index (χ1) is 8.04. The Labute approximate surface area is 106 Å². The zero-order valence-corrected chi connectivity index (χ0v) is 11.4. The molecule has 3 heteroatoms. The fourth-order valence-electron chi connectivity index (χ4n) is 2.13. The molecule has 0 unspecified atom stereocenters. The van der Waals surface area contributed by atoms with Crippen molar-refractivity contribution < 1.29 is 4.74 Å². The fraction of sp³-hybridized carbons (Fsp3) is 0.286. The van der Waals surface area contributed by atoms with E-state index in [1.54, 1.807) is 18.4 Å². The van der Waals surface area contributed by atoms with Crippen LogP contribution < -0.4 is 10.5 Å². The molecule has 0 aliphatic heterocycles. The van der Waals surface area contributed by atoms with E-state index in [1.165, 1.54) is 21.6 Å². The highest BCUT2D eigenvalue weighted by atomic mass is 32.1. The third kappa shape index (κ3) is 2.03. The molecule has 0 radical (unpaired) electrons. The molecule has 0 saturated heterocycles. The fourth-order valence-corrected chi connectivity index (χ4v) is 2.97. The topological polar surface area (TPSA) is 35.2 Å². The van der Waals surface area contributed by atoms with Crippen molar-refractivity contribution in [2.45, 2.75) is 20.8 Å². The Bertz CT molecular complexity index is 558. The van der Waals surface area contributed by atoms with Gasteiger partial charge in [-0.3, -0.25) is 0 Å². The number of hydrogen-bond acceptors (Lipinski definition) is 3. The number of benzene rings is 1. The van der Waals surface area contributed by atoms with Crippen LogP contribution in [0.3, 0.4) is 0 Å². The van der Waals surface area contributed by atoms with Gasteiger partial charge in [-0.05, 0) is 61.2 Å². The van der Waals surface area contributed by atoms with Gasteiger partial charge in [-0.2, -0.15) is 0 Å². The van der Waals surface area contributed by atoms with E-state index >= 15 is 0 Å². The lowest BCUT2D eigenvalue weighted by molar-refractivity contribution is 0.408. The van der Waals surface area contributed by atoms with E-state index in [4.69, 9.17) is 10.5 Å². The molecule has 1 heterocycles. The summed E-state index contributed by atoms with van der Waals surface area (Å²) in [4.78, 5) is 1.22. The summed E-state index contributed by atoms with van der Waals surface area (Å²) >= 11 is 1.62. The van der Waals surface area contributed by atoms with E-state index < -0.39 is 0 Å². The number of rotatable bonds is 2. The molecule has 0 amide bonds. The molecule has 2 nitrogen and oxygen atoms in total. The predicted octanol–water partition coefficient (Wildman–Crippen LogP) is 3.93. The van der Waals surface area contributed by atoms with Gasteiger partial charge in [0.25, 0.3) is 0 Å². The molecule has 90 valence electrons. The maximum Gasteiger partial charge on any atom is 0.124 e. The van der Waals surface area contributed by atoms with Crippen molar-refractivity contribution >= 4 is 16.3 Å². The largest absolute Gasteiger partial charge is 0.496 e. The van der Waals surface area contributed by atoms with Crippen LogP contribution in [0.2, 0.25) is 0 Å². The molecule has 0 bridgehead atoms. The number of ether oxygens (including phenoxy) is 1. The van der Waals surface area contributed by atoms with E-state index in [9.17, 15) is 0 Å². The van der Waals surface area contributed by atoms with Gasteiger partial charge in [0.2, 0.25) is 0 Å². The van der Waals surface area contributed by atoms with Gasteiger partial charge in [-0.25, -0.2) is 0 Å². The van der Waals surface area contributed by atoms with Gasteiger partial charge < -0.3 is 10.5 Å². The summed E-state index contributed by atoms with van der Waals surface area (Å²) in [6.45, 7) is 6.30. The van der Waals surface area contributed by atoms with Crippen LogP contribution in [0.4, 0.5) is 5.00 Å². The third-order valence-corrected chi connectivity index (χ3v) is 4.07. The maximum atomic E-state index is 5.79. The Kier molecular flexibility index (Phi) is 3.11. The van der Waals surface area contributed by atoms with Crippen LogP contribution in [0.25, 0.3) is 10.4 Å². The number of aryl methyl sites for hydroxylation is 1. The van der Waals surface area contributed by atoms with E-state index in [0.717, 1.165) is 16.3 Å². The summed E-state index contributed by atoms with van der Waals surface area (Å²) in [6.07, 6.45) is 0. The summed E-state index contributed by atoms with van der Waals surface area (Å²) in [7, 11) is 1.72. The lowest BCUT2D eigenvalue weighted by Crippen LogP contribution is -1.95. The number of nitrogen functional groups attached to an aromatic ring is 1. The monoisotopic (exact) mass is 247 g/mol. The molecule has 0 aliphatic rings. The molecule has 0 spiro atoms. The number of methoxy groups -OCH3 is 1. The number of hydrogen-bond donors (Lipinski definition) is 1. The molecule has 17 heavy (non-hydrogen) atoms. The molecule has 2 aromatic rings. The summed E-state index contributed by atoms with van der Waals surface area (Å²) in [6, 6.07) is 6.20. The molecular weight excluding hydrogens is 230 g/mol. The van der Waals surface area contributed by atoms with Crippen molar-refractivity contribution in [2.24, 2.45) is 0 Å². The SMILES string of the molecule is COc1c(C)cc(-c2ccc(N)s2)c(C)c1C. The highest BCUT2D eigenvalue weighted by Crippen LogP contribution is 2.37. The highest BCUT2D eigenvalue weighted by molar-refractivity contribution is 7.19. The molecule has 1 aromatic heterocycles. The molecule has 2 N–H and O–H groups in total. The second-order valence-corrected chi connectivity index (χ2v) is 5.34. The third-order valence-electron chi connectivity index (χ3n) is 3.12. The molecule has 0 aliphatic carbocycles. The van der Waals surface area contributed by atoms with Crippen LogP contribution >= 0.6 is 11.3 Å². The average molecular weight is 247 g/mol. The normalized spacial score (nSPS) is 10.6. The minimum Gasteiger partial charge on any atom is -0.496 e. The number of nitrogens with two attached hydrogens (primary N) is 1. The lowest BCUT2D eigenvalue weighted by atomic mass is 9.98. The van der Waals surface area contributed by atoms with E-state index in [0.29, 0.717) is 0 Å². The zero-order chi connectivity index (χ0) is 12.6. The highest BCUT2D eigenvalue weighted by Gasteiger charge is 2.12. The molecular formula is C14H17NOS. The maximum absolute atomic E-state index is 5.79. The predicted molar refractivity (Wildman–Crippen MR) is 74.9 cm³/mol. The quantitative estimate of drug-likeness (QED) is 0.872. The van der Waals surface area contributed by atoms with Crippen LogP contribution in [-0.2, 0) is 0 Å². The van der Waals surface area contributed by atoms with Crippen molar-refractivity contribution in [3.63, 3.8) is 0 Å². The number of anilines is 1. The van der Waals surface area contributed by atoms with E-state index in [1.807, 2.05) is 6.07 Å². The van der Waals surface area contributed by atoms with Crippen molar-refractivity contribution in [2.75, 3.05) is 12.8 Å². The van der Waals surface area contributed by atoms with Crippen molar-refractivity contribution in [1.82, 2.24) is 0 Å². The van der Waals surface area contributed by atoms with Gasteiger partial charge in [0, 0.05) is 4.88 Å². The van der Waals surface area contributed by atoms with Crippen LogP contribution in [0.1, 0.15) is 16.7 Å². The molecule has 1 aromatic carbocycles. The Morgan fingerprint density at radius 3 is 2.35 bits per heavy atom. The molecule has 0 atom stereocenters. The zero-order valence-electron chi connectivity index (χ0n) is 10.6. The van der Waals surface area contributed by atoms with Gasteiger partial charge >= 0.3 is 0 Å². The number of thiophene rings is 1. The van der Waals surface area contributed by atoms with Crippen LogP contribution in [0.15, 0.2) is 18.2 Å². The average Bonchev–Trinajstić information content (AvgIpc) is 2.71. The summed E-state index contributed by atoms with van der Waals surface area (Å²) in [5.41, 5.74) is 10.7. The van der Waals surface area contributed by atoms with Crippen LogP contribution in [0.5, 0.6) is 5.75 Å². The van der Waals surface area contributed by atoms with Gasteiger partial charge in [0.1, 0.15) is 5.75 Å². The van der Waals surface area contributed by atoms with Crippen molar-refractivity contribution in [3.05, 3.63) is 34.9 Å². The first-order valence-corrected chi connectivity index (χ1v) is 6.36. The molecule has 0 saturated carbocycles. The van der Waals surface area contributed by atoms with Crippen molar-refractivity contribution in [3.8, 4) is 16.2 Å². The molecule has 0 fully saturated rings. The Morgan fingerprint density at radius 1 is 1.12 bits per heavy atom. The summed E-state index contributed by atoms with van der Waals surface area (Å²) < 4.78 is 5.43. The Hall–Kier alpha value is -1.48. The first kappa shape index (κ1) is 12.0. The first-order valence-electron chi connectivity index (χ1n) is 5.55. The second-order valence-electron chi connectivity index (χ2n) is 4.23. The second kappa shape index (κ2) is 4.41. The minimum atomic E-state index is 0.852. The standard InChI is InChI=1S/C14H17NOS/c1-8-7-11(12-5-6-13(15)17-12)9(2)10(3)14(8)16-4/h5-7H,15H2,1-4H3. The van der Waals surface area contributed by atoms with E-state index in [2.05, 4.69) is 32.9 Å². The van der Waals surface area contributed by atoms with E-state index in [-0.39, 0.29) is 0 Å². The van der Waals surface area contributed by atoms with Gasteiger partial charge in [0.15, 0.2) is 0 Å². The minimum absolute atomic E-state index is 0.852. The smallest absolute Gasteiger partial charge is 0.124 e. The summed E-state index contributed by atoms with van der Waals surface area (Å²) in [5, 5.41) is 0.852. The lowest BCUT2D eigenvalue weighted by Gasteiger charge is -2.14. The summed E-state index contributed by atoms with van der Waals surface area (Å²) in [5.74, 6) is 0.982. The van der Waals surface area contributed by atoms with Gasteiger partial charge in [-0.15, -0.1) is 11.3 Å². The van der Waals surface area contributed by atoms with Crippen molar-refractivity contribution in [1.29, 1.82) is 0 Å². The Morgan fingerprint density at radius 2 is 1.82 bits per heavy atom. The van der Waals surface area contributed by atoms with Crippen LogP contribution in [-0.4, -0.2) is 7.11 Å².